The van der Waals surface area contributed by atoms with E-state index in [-0.39, 0.29) is 24.9 Å². The Bertz CT molecular complexity index is 468. The Hall–Kier alpha value is -1.98. The van der Waals surface area contributed by atoms with Crippen molar-refractivity contribution < 1.29 is 9.59 Å². The van der Waals surface area contributed by atoms with Crippen LogP contribution in [-0.2, 0) is 22.7 Å². The molecule has 0 fully saturated rings. The van der Waals surface area contributed by atoms with Gasteiger partial charge in [0.05, 0.1) is 5.69 Å². The number of hydrogen-bond acceptors (Lipinski definition) is 4. The van der Waals surface area contributed by atoms with Gasteiger partial charge in [-0.05, 0) is 11.1 Å². The van der Waals surface area contributed by atoms with Crippen LogP contribution < -0.4 is 16.4 Å². The molecule has 0 bridgehead atoms. The molecule has 88 valence electrons. The van der Waals surface area contributed by atoms with Gasteiger partial charge >= 0.3 is 0 Å². The fraction of sp³-hybridized carbons (Fsp3) is 0.167. The van der Waals surface area contributed by atoms with Crippen LogP contribution >= 0.6 is 0 Å². The summed E-state index contributed by atoms with van der Waals surface area (Å²) in [6.45, 7) is 0.500. The highest BCUT2D eigenvalue weighted by Crippen LogP contribution is 2.27. The lowest BCUT2D eigenvalue weighted by Crippen LogP contribution is -2.32. The molecule has 1 aliphatic heterocycles. The third kappa shape index (κ3) is 1.86. The molecule has 1 aliphatic rings. The van der Waals surface area contributed by atoms with E-state index >= 15 is 0 Å². The highest BCUT2D eigenvalue weighted by molar-refractivity contribution is 6.28. The second-order valence-electron chi connectivity index (χ2n) is 3.68. The summed E-state index contributed by atoms with van der Waals surface area (Å²) in [4.78, 5) is 24.4. The van der Waals surface area contributed by atoms with Gasteiger partial charge in [0.2, 0.25) is 0 Å². The molecule has 5 heteroatoms. The largest absolute Gasteiger partial charge is 0.326 e. The van der Waals surface area contributed by atoms with Crippen molar-refractivity contribution in [3.8, 4) is 0 Å². The van der Waals surface area contributed by atoms with E-state index in [1.54, 1.807) is 12.1 Å². The third-order valence-electron chi connectivity index (χ3n) is 2.68. The topological polar surface area (TPSA) is 89.4 Å². The van der Waals surface area contributed by atoms with Gasteiger partial charge in [0.1, 0.15) is 0 Å². The Labute approximate surface area is 98.7 Å². The second kappa shape index (κ2) is 4.48. The van der Waals surface area contributed by atoms with E-state index in [1.165, 1.54) is 12.2 Å². The van der Waals surface area contributed by atoms with Crippen molar-refractivity contribution in [1.29, 1.82) is 0 Å². The number of benzene rings is 1. The molecular weight excluding hydrogens is 218 g/mol. The predicted octanol–water partition coefficient (Wildman–Crippen LogP) is 0.0334. The van der Waals surface area contributed by atoms with Gasteiger partial charge in [-0.2, -0.15) is 0 Å². The molecule has 0 aliphatic carbocycles. The minimum absolute atomic E-state index is 0.250. The van der Waals surface area contributed by atoms with Crippen molar-refractivity contribution in [2.45, 2.75) is 13.1 Å². The molecule has 1 heterocycles. The minimum atomic E-state index is -0.356. The zero-order valence-electron chi connectivity index (χ0n) is 9.22. The first kappa shape index (κ1) is 11.5. The molecular formula is C12H13N3O2. The fourth-order valence-electron chi connectivity index (χ4n) is 1.88. The average molecular weight is 231 g/mol. The number of carbonyl (C=O) groups excluding carboxylic acids is 2. The highest BCUT2D eigenvalue weighted by atomic mass is 16.2. The summed E-state index contributed by atoms with van der Waals surface area (Å²) in [6, 6.07) is 5.38. The Morgan fingerprint density at radius 3 is 1.82 bits per heavy atom. The van der Waals surface area contributed by atoms with Gasteiger partial charge in [0, 0.05) is 25.2 Å². The Kier molecular flexibility index (Phi) is 3.03. The predicted molar refractivity (Wildman–Crippen MR) is 63.9 cm³/mol. The van der Waals surface area contributed by atoms with Gasteiger partial charge in [-0.3, -0.25) is 9.59 Å². The summed E-state index contributed by atoms with van der Waals surface area (Å²) in [5.41, 5.74) is 13.2. The number of nitrogens with zero attached hydrogens (tertiary/aromatic N) is 1. The molecule has 4 N–H and O–H groups in total. The Morgan fingerprint density at radius 2 is 1.41 bits per heavy atom. The number of imide groups is 1. The first-order valence-electron chi connectivity index (χ1n) is 5.26. The van der Waals surface area contributed by atoms with Crippen molar-refractivity contribution >= 4 is 17.5 Å². The lowest BCUT2D eigenvalue weighted by Gasteiger charge is -2.20. The third-order valence-corrected chi connectivity index (χ3v) is 2.68. The number of amides is 2. The second-order valence-corrected chi connectivity index (χ2v) is 3.68. The molecule has 0 saturated carbocycles. The summed E-state index contributed by atoms with van der Waals surface area (Å²) >= 11 is 0. The molecule has 0 radical (unpaired) electrons. The molecule has 0 saturated heterocycles. The highest BCUT2D eigenvalue weighted by Gasteiger charge is 2.28. The first-order valence-corrected chi connectivity index (χ1v) is 5.26. The number of anilines is 1. The molecule has 0 spiro atoms. The molecule has 2 amide bonds. The van der Waals surface area contributed by atoms with Crippen LogP contribution in [-0.4, -0.2) is 11.8 Å². The zero-order valence-corrected chi connectivity index (χ0v) is 9.22. The maximum atomic E-state index is 11.7. The maximum absolute atomic E-state index is 11.7. The van der Waals surface area contributed by atoms with Gasteiger partial charge in [0.15, 0.2) is 0 Å². The first-order chi connectivity index (χ1) is 8.19. The molecule has 5 nitrogen and oxygen atoms in total. The maximum Gasteiger partial charge on any atom is 0.258 e. The number of hydrogen-bond donors (Lipinski definition) is 2. The van der Waals surface area contributed by atoms with Crippen molar-refractivity contribution in [3.63, 3.8) is 0 Å². The standard InChI is InChI=1S/C12H13N3O2/c13-6-8-2-1-3-9(7-14)12(8)15-10(16)4-5-11(15)17/h1-5H,6-7,13-14H2. The summed E-state index contributed by atoms with van der Waals surface area (Å²) in [6.07, 6.45) is 2.49. The SMILES string of the molecule is NCc1cccc(CN)c1N1C(=O)C=CC1=O. The van der Waals surface area contributed by atoms with Crippen LogP contribution in [0.25, 0.3) is 0 Å². The summed E-state index contributed by atoms with van der Waals surface area (Å²) in [5.74, 6) is -0.712. The van der Waals surface area contributed by atoms with Crippen molar-refractivity contribution in [1.82, 2.24) is 0 Å². The summed E-state index contributed by atoms with van der Waals surface area (Å²) in [5, 5.41) is 0. The fourth-order valence-corrected chi connectivity index (χ4v) is 1.88. The van der Waals surface area contributed by atoms with E-state index in [0.29, 0.717) is 5.69 Å². The van der Waals surface area contributed by atoms with Gasteiger partial charge in [-0.15, -0.1) is 0 Å². The van der Waals surface area contributed by atoms with Gasteiger partial charge in [-0.25, -0.2) is 4.90 Å². The summed E-state index contributed by atoms with van der Waals surface area (Å²) in [7, 11) is 0. The average Bonchev–Trinajstić information content (AvgIpc) is 2.68. The van der Waals surface area contributed by atoms with E-state index in [9.17, 15) is 9.59 Å². The van der Waals surface area contributed by atoms with E-state index in [2.05, 4.69) is 0 Å². The van der Waals surface area contributed by atoms with Crippen LogP contribution in [0.5, 0.6) is 0 Å². The lowest BCUT2D eigenvalue weighted by molar-refractivity contribution is -0.120. The Balaban J connectivity index is 2.57. The quantitative estimate of drug-likeness (QED) is 0.718. The van der Waals surface area contributed by atoms with Gasteiger partial charge < -0.3 is 11.5 Å². The van der Waals surface area contributed by atoms with Crippen molar-refractivity contribution in [2.75, 3.05) is 4.90 Å². The number of carbonyl (C=O) groups is 2. The van der Waals surface area contributed by atoms with Crippen LogP contribution in [0.3, 0.4) is 0 Å². The minimum Gasteiger partial charge on any atom is -0.326 e. The van der Waals surface area contributed by atoms with E-state index in [4.69, 9.17) is 11.5 Å². The van der Waals surface area contributed by atoms with E-state index in [0.717, 1.165) is 16.0 Å². The molecule has 0 aromatic heterocycles. The Morgan fingerprint density at radius 1 is 0.941 bits per heavy atom. The number of para-hydroxylation sites is 1. The number of nitrogens with two attached hydrogens (primary N) is 2. The van der Waals surface area contributed by atoms with Crippen molar-refractivity contribution in [2.24, 2.45) is 11.5 Å². The van der Waals surface area contributed by atoms with Crippen LogP contribution in [0.1, 0.15) is 11.1 Å². The molecule has 17 heavy (non-hydrogen) atoms. The monoisotopic (exact) mass is 231 g/mol. The lowest BCUT2D eigenvalue weighted by atomic mass is 10.1. The van der Waals surface area contributed by atoms with Gasteiger partial charge in [-0.1, -0.05) is 18.2 Å². The van der Waals surface area contributed by atoms with Crippen LogP contribution in [0.4, 0.5) is 5.69 Å². The molecule has 2 rings (SSSR count). The normalized spacial score (nSPS) is 14.8. The molecule has 1 aromatic rings. The van der Waals surface area contributed by atoms with Crippen LogP contribution in [0.2, 0.25) is 0 Å². The summed E-state index contributed by atoms with van der Waals surface area (Å²) < 4.78 is 0. The zero-order chi connectivity index (χ0) is 12.4. The number of rotatable bonds is 3. The van der Waals surface area contributed by atoms with Crippen molar-refractivity contribution in [3.05, 3.63) is 41.5 Å². The van der Waals surface area contributed by atoms with Crippen LogP contribution in [0.15, 0.2) is 30.4 Å². The van der Waals surface area contributed by atoms with E-state index < -0.39 is 0 Å². The van der Waals surface area contributed by atoms with Gasteiger partial charge in [0.25, 0.3) is 11.8 Å². The van der Waals surface area contributed by atoms with Crippen LogP contribution in [0, 0.1) is 0 Å². The molecule has 0 unspecified atom stereocenters. The smallest absolute Gasteiger partial charge is 0.258 e. The molecule has 0 atom stereocenters. The van der Waals surface area contributed by atoms with E-state index in [1.807, 2.05) is 6.07 Å². The molecule has 1 aromatic carbocycles.